The molecule has 0 rings (SSSR count). The van der Waals surface area contributed by atoms with E-state index in [1.807, 2.05) is 0 Å². The molecule has 0 saturated carbocycles. The second kappa shape index (κ2) is 4.14. The van der Waals surface area contributed by atoms with Gasteiger partial charge in [0.1, 0.15) is 0 Å². The van der Waals surface area contributed by atoms with Crippen molar-refractivity contribution in [2.75, 3.05) is 0 Å². The minimum Gasteiger partial charge on any atom is -0.280 e. The van der Waals surface area contributed by atoms with Crippen molar-refractivity contribution >= 4 is 5.78 Å². The molecule has 1 nitrogen and oxygen atoms in total. The average molecular weight is 108 g/mol. The van der Waals surface area contributed by atoms with Gasteiger partial charge in [-0.25, -0.2) is 0 Å². The van der Waals surface area contributed by atoms with E-state index in [0.717, 1.165) is 0 Å². The van der Waals surface area contributed by atoms with Gasteiger partial charge in [-0.2, -0.15) is 0 Å². The first-order valence-electron chi connectivity index (χ1n) is 2.40. The first-order chi connectivity index (χ1) is 3.81. The molecular formula is C7H8O. The van der Waals surface area contributed by atoms with Gasteiger partial charge in [-0.1, -0.05) is 12.0 Å². The van der Waals surface area contributed by atoms with Gasteiger partial charge in [0.05, 0.1) is 0 Å². The number of carbonyl (C=O) groups excluding carboxylic acids is 1. The second-order valence-electron chi connectivity index (χ2n) is 1.24. The van der Waals surface area contributed by atoms with E-state index in [0.29, 0.717) is 0 Å². The highest BCUT2D eigenvalue weighted by molar-refractivity contribution is 6.03. The van der Waals surface area contributed by atoms with Crippen molar-refractivity contribution in [1.29, 1.82) is 0 Å². The summed E-state index contributed by atoms with van der Waals surface area (Å²) >= 11 is 0. The van der Waals surface area contributed by atoms with Crippen LogP contribution in [0.4, 0.5) is 0 Å². The predicted octanol–water partition coefficient (Wildman–Crippen LogP) is 1.15. The van der Waals surface area contributed by atoms with Gasteiger partial charge < -0.3 is 0 Å². The number of rotatable bonds is 1. The Balaban J connectivity index is 3.79. The van der Waals surface area contributed by atoms with Crippen LogP contribution in [-0.4, -0.2) is 5.78 Å². The van der Waals surface area contributed by atoms with Crippen molar-refractivity contribution in [2.45, 2.75) is 13.8 Å². The molecule has 0 atom stereocenters. The molecule has 0 spiro atoms. The van der Waals surface area contributed by atoms with E-state index < -0.39 is 0 Å². The molecular weight excluding hydrogens is 100 g/mol. The molecule has 0 aliphatic heterocycles. The molecule has 0 aliphatic rings. The van der Waals surface area contributed by atoms with Gasteiger partial charge in [-0.3, -0.25) is 4.79 Å². The summed E-state index contributed by atoms with van der Waals surface area (Å²) in [6, 6.07) is 0. The lowest BCUT2D eigenvalue weighted by Gasteiger charge is -1.70. The first kappa shape index (κ1) is 6.97. The predicted molar refractivity (Wildman–Crippen MR) is 33.3 cm³/mol. The number of hydrogen-bond acceptors (Lipinski definition) is 1. The van der Waals surface area contributed by atoms with Crippen LogP contribution in [0.15, 0.2) is 12.2 Å². The lowest BCUT2D eigenvalue weighted by molar-refractivity contribution is -0.109. The van der Waals surface area contributed by atoms with Crippen LogP contribution in [0.2, 0.25) is 0 Å². The second-order valence-corrected chi connectivity index (χ2v) is 1.24. The molecule has 0 aromatic rings. The standard InChI is InChI=1S/C7H8O/c1-3-5-7(8)6-4-2/h3,5H,1-2H3. The summed E-state index contributed by atoms with van der Waals surface area (Å²) in [5, 5.41) is 0. The van der Waals surface area contributed by atoms with E-state index in [2.05, 4.69) is 11.8 Å². The van der Waals surface area contributed by atoms with Gasteiger partial charge in [0.25, 0.3) is 0 Å². The van der Waals surface area contributed by atoms with Crippen molar-refractivity contribution in [3.8, 4) is 11.8 Å². The van der Waals surface area contributed by atoms with E-state index in [9.17, 15) is 4.79 Å². The normalized spacial score (nSPS) is 8.25. The maximum absolute atomic E-state index is 10.4. The fraction of sp³-hybridized carbons (Fsp3) is 0.286. The molecule has 0 aliphatic carbocycles. The highest BCUT2D eigenvalue weighted by atomic mass is 16.1. The van der Waals surface area contributed by atoms with Crippen molar-refractivity contribution in [2.24, 2.45) is 0 Å². The molecule has 0 aromatic heterocycles. The molecule has 0 N–H and O–H groups in total. The van der Waals surface area contributed by atoms with E-state index in [4.69, 9.17) is 0 Å². The van der Waals surface area contributed by atoms with Crippen LogP contribution >= 0.6 is 0 Å². The molecule has 0 amide bonds. The molecule has 0 aromatic carbocycles. The Morgan fingerprint density at radius 1 is 1.62 bits per heavy atom. The van der Waals surface area contributed by atoms with Gasteiger partial charge in [0.15, 0.2) is 0 Å². The monoisotopic (exact) mass is 108 g/mol. The summed E-state index contributed by atoms with van der Waals surface area (Å²) in [5.41, 5.74) is 0. The van der Waals surface area contributed by atoms with Crippen LogP contribution in [-0.2, 0) is 4.79 Å². The molecule has 0 heterocycles. The third-order valence-corrected chi connectivity index (χ3v) is 0.566. The largest absolute Gasteiger partial charge is 0.280 e. The Hall–Kier alpha value is -1.03. The average Bonchev–Trinajstić information content (AvgIpc) is 1.68. The van der Waals surface area contributed by atoms with Gasteiger partial charge in [0.2, 0.25) is 5.78 Å². The number of allylic oxidation sites excluding steroid dienone is 2. The van der Waals surface area contributed by atoms with Crippen LogP contribution in [0.25, 0.3) is 0 Å². The van der Waals surface area contributed by atoms with E-state index in [-0.39, 0.29) is 5.78 Å². The van der Waals surface area contributed by atoms with Crippen LogP contribution in [0.3, 0.4) is 0 Å². The summed E-state index contributed by atoms with van der Waals surface area (Å²) in [6.45, 7) is 3.43. The maximum atomic E-state index is 10.4. The van der Waals surface area contributed by atoms with Gasteiger partial charge in [-0.05, 0) is 25.8 Å². The van der Waals surface area contributed by atoms with Gasteiger partial charge in [-0.15, -0.1) is 0 Å². The summed E-state index contributed by atoms with van der Waals surface area (Å²) in [7, 11) is 0. The smallest absolute Gasteiger partial charge is 0.228 e. The Labute approximate surface area is 49.4 Å². The SMILES string of the molecule is CC#CC(=O)C=CC. The summed E-state index contributed by atoms with van der Waals surface area (Å²) in [6.07, 6.45) is 3.11. The fourth-order valence-electron chi connectivity index (χ4n) is 0.316. The molecule has 0 fully saturated rings. The van der Waals surface area contributed by atoms with E-state index in [1.54, 1.807) is 19.9 Å². The highest BCUT2D eigenvalue weighted by Crippen LogP contribution is 1.71. The molecule has 42 valence electrons. The lowest BCUT2D eigenvalue weighted by atomic mass is 10.3. The molecule has 0 bridgehead atoms. The van der Waals surface area contributed by atoms with Crippen LogP contribution in [0.1, 0.15) is 13.8 Å². The lowest BCUT2D eigenvalue weighted by Crippen LogP contribution is -1.82. The highest BCUT2D eigenvalue weighted by Gasteiger charge is 1.80. The third kappa shape index (κ3) is 3.17. The molecule has 0 saturated heterocycles. The molecule has 8 heavy (non-hydrogen) atoms. The van der Waals surface area contributed by atoms with Gasteiger partial charge in [0, 0.05) is 0 Å². The number of hydrogen-bond donors (Lipinski definition) is 0. The Morgan fingerprint density at radius 3 is 2.62 bits per heavy atom. The number of carbonyl (C=O) groups is 1. The Bertz CT molecular complexity index is 155. The summed E-state index contributed by atoms with van der Waals surface area (Å²) in [5.74, 6) is 4.74. The molecule has 0 unspecified atom stereocenters. The van der Waals surface area contributed by atoms with Crippen LogP contribution < -0.4 is 0 Å². The van der Waals surface area contributed by atoms with Gasteiger partial charge >= 0.3 is 0 Å². The zero-order valence-electron chi connectivity index (χ0n) is 5.06. The van der Waals surface area contributed by atoms with Crippen molar-refractivity contribution < 1.29 is 4.79 Å². The van der Waals surface area contributed by atoms with E-state index >= 15 is 0 Å². The Kier molecular flexibility index (Phi) is 3.60. The Morgan fingerprint density at radius 2 is 2.25 bits per heavy atom. The topological polar surface area (TPSA) is 17.1 Å². The quantitative estimate of drug-likeness (QED) is 0.280. The summed E-state index contributed by atoms with van der Waals surface area (Å²) in [4.78, 5) is 10.4. The number of ketones is 1. The molecule has 1 heteroatoms. The minimum absolute atomic E-state index is 0.130. The first-order valence-corrected chi connectivity index (χ1v) is 2.40. The third-order valence-electron chi connectivity index (χ3n) is 0.566. The minimum atomic E-state index is -0.130. The zero-order valence-corrected chi connectivity index (χ0v) is 5.06. The van der Waals surface area contributed by atoms with Crippen LogP contribution in [0, 0.1) is 11.8 Å². The van der Waals surface area contributed by atoms with Crippen molar-refractivity contribution in [3.63, 3.8) is 0 Å². The fourth-order valence-corrected chi connectivity index (χ4v) is 0.316. The summed E-state index contributed by atoms with van der Waals surface area (Å²) < 4.78 is 0. The van der Waals surface area contributed by atoms with Crippen molar-refractivity contribution in [3.05, 3.63) is 12.2 Å². The van der Waals surface area contributed by atoms with Crippen molar-refractivity contribution in [1.82, 2.24) is 0 Å². The maximum Gasteiger partial charge on any atom is 0.228 e. The van der Waals surface area contributed by atoms with Crippen LogP contribution in [0.5, 0.6) is 0 Å². The van der Waals surface area contributed by atoms with E-state index in [1.165, 1.54) is 6.08 Å². The molecule has 0 radical (unpaired) electrons. The zero-order chi connectivity index (χ0) is 6.41.